The molecule has 146 valence electrons. The Hall–Kier alpha value is -3.60. The molecule has 6 nitrogen and oxygen atoms in total. The Morgan fingerprint density at radius 3 is 2.54 bits per heavy atom. The summed E-state index contributed by atoms with van der Waals surface area (Å²) in [5, 5.41) is 8.94. The second-order valence-corrected chi connectivity index (χ2v) is 5.25. The van der Waals surface area contributed by atoms with Gasteiger partial charge in [0.15, 0.2) is 23.0 Å². The van der Waals surface area contributed by atoms with E-state index in [4.69, 9.17) is 19.5 Å². The van der Waals surface area contributed by atoms with E-state index in [1.54, 1.807) is 6.92 Å². The van der Waals surface area contributed by atoms with Crippen molar-refractivity contribution in [3.05, 3.63) is 53.6 Å². The largest absolute Gasteiger partial charge is 0.493 e. The lowest BCUT2D eigenvalue weighted by molar-refractivity contribution is -0.129. The summed E-state index contributed by atoms with van der Waals surface area (Å²) in [4.78, 5) is 12.1. The second kappa shape index (κ2) is 9.92. The van der Waals surface area contributed by atoms with Gasteiger partial charge in [0.1, 0.15) is 0 Å². The highest BCUT2D eigenvalue weighted by Crippen LogP contribution is 2.30. The Bertz CT molecular complexity index is 906. The molecule has 0 radical (unpaired) electrons. The van der Waals surface area contributed by atoms with Gasteiger partial charge in [-0.15, -0.1) is 0 Å². The fourth-order valence-electron chi connectivity index (χ4n) is 2.22. The van der Waals surface area contributed by atoms with Crippen LogP contribution in [0.5, 0.6) is 23.0 Å². The molecule has 2 aromatic carbocycles. The number of benzene rings is 2. The Morgan fingerprint density at radius 2 is 1.89 bits per heavy atom. The number of hydrogen-bond donors (Lipinski definition) is 0. The van der Waals surface area contributed by atoms with Gasteiger partial charge in [0.25, 0.3) is 0 Å². The molecule has 0 atom stereocenters. The van der Waals surface area contributed by atoms with Crippen molar-refractivity contribution >= 4 is 12.0 Å². The van der Waals surface area contributed by atoms with Gasteiger partial charge in [0, 0.05) is 12.1 Å². The number of methoxy groups -OCH3 is 1. The van der Waals surface area contributed by atoms with E-state index < -0.39 is 12.6 Å². The van der Waals surface area contributed by atoms with E-state index in [0.29, 0.717) is 17.7 Å². The second-order valence-electron chi connectivity index (χ2n) is 5.25. The lowest BCUT2D eigenvalue weighted by atomic mass is 10.2. The fraction of sp³-hybridized carbons (Fsp3) is 0.200. The summed E-state index contributed by atoms with van der Waals surface area (Å²) in [5.41, 5.74) is 0.886. The van der Waals surface area contributed by atoms with Crippen LogP contribution in [-0.2, 0) is 4.79 Å². The van der Waals surface area contributed by atoms with E-state index in [1.165, 1.54) is 49.6 Å². The van der Waals surface area contributed by atoms with Gasteiger partial charge < -0.3 is 18.9 Å². The van der Waals surface area contributed by atoms with Crippen LogP contribution in [0.25, 0.3) is 6.08 Å². The molecule has 28 heavy (non-hydrogen) atoms. The number of carbonyl (C=O) groups is 1. The van der Waals surface area contributed by atoms with E-state index in [1.807, 2.05) is 6.07 Å². The summed E-state index contributed by atoms with van der Waals surface area (Å²) >= 11 is 0. The van der Waals surface area contributed by atoms with Crippen molar-refractivity contribution in [2.75, 3.05) is 13.7 Å². The molecule has 0 heterocycles. The highest BCUT2D eigenvalue weighted by Gasteiger charge is 2.12. The molecule has 0 saturated heterocycles. The maximum absolute atomic E-state index is 12.4. The average Bonchev–Trinajstić information content (AvgIpc) is 2.68. The van der Waals surface area contributed by atoms with Crippen LogP contribution in [0, 0.1) is 11.3 Å². The molecular weight excluding hydrogens is 372 g/mol. The van der Waals surface area contributed by atoms with Gasteiger partial charge in [-0.2, -0.15) is 14.0 Å². The molecule has 0 amide bonds. The number of nitriles is 1. The van der Waals surface area contributed by atoms with E-state index >= 15 is 0 Å². The Kier molecular flexibility index (Phi) is 7.34. The van der Waals surface area contributed by atoms with Crippen LogP contribution >= 0.6 is 0 Å². The molecule has 0 aromatic heterocycles. The van der Waals surface area contributed by atoms with Gasteiger partial charge >= 0.3 is 12.6 Å². The van der Waals surface area contributed by atoms with Gasteiger partial charge in [0.2, 0.25) is 0 Å². The molecule has 0 spiro atoms. The zero-order chi connectivity index (χ0) is 20.5. The normalized spacial score (nSPS) is 10.6. The van der Waals surface area contributed by atoms with Crippen molar-refractivity contribution in [3.63, 3.8) is 0 Å². The average molecular weight is 389 g/mol. The Morgan fingerprint density at radius 1 is 1.14 bits per heavy atom. The summed E-state index contributed by atoms with van der Waals surface area (Å²) in [7, 11) is 1.32. The van der Waals surface area contributed by atoms with Crippen LogP contribution in [0.15, 0.2) is 42.5 Å². The zero-order valence-electron chi connectivity index (χ0n) is 15.1. The number of nitrogens with zero attached hydrogens (tertiary/aromatic N) is 1. The smallest absolute Gasteiger partial charge is 0.387 e. The summed E-state index contributed by atoms with van der Waals surface area (Å²) in [6.07, 6.45) is 2.59. The van der Waals surface area contributed by atoms with Crippen LogP contribution in [0.1, 0.15) is 18.1 Å². The summed E-state index contributed by atoms with van der Waals surface area (Å²) < 4.78 is 44.7. The van der Waals surface area contributed by atoms with E-state index in [-0.39, 0.29) is 23.0 Å². The van der Waals surface area contributed by atoms with Crippen LogP contribution in [-0.4, -0.2) is 26.3 Å². The molecule has 8 heteroatoms. The van der Waals surface area contributed by atoms with E-state index in [0.717, 1.165) is 6.08 Å². The topological polar surface area (TPSA) is 77.8 Å². The van der Waals surface area contributed by atoms with Gasteiger partial charge in [-0.25, -0.2) is 4.79 Å². The van der Waals surface area contributed by atoms with Crippen LogP contribution in [0.3, 0.4) is 0 Å². The number of rotatable bonds is 8. The minimum atomic E-state index is -2.97. The SMILES string of the molecule is CCOc1cc(C#N)ccc1OC(=O)/C=C/c1ccc(OC(F)F)c(OC)c1. The summed E-state index contributed by atoms with van der Waals surface area (Å²) in [6.45, 7) is -0.876. The van der Waals surface area contributed by atoms with Crippen LogP contribution < -0.4 is 18.9 Å². The summed E-state index contributed by atoms with van der Waals surface area (Å²) in [5.74, 6) is -0.248. The molecule has 0 fully saturated rings. The highest BCUT2D eigenvalue weighted by atomic mass is 19.3. The minimum absolute atomic E-state index is 0.0986. The predicted octanol–water partition coefficient (Wildman–Crippen LogP) is 4.19. The lowest BCUT2D eigenvalue weighted by Gasteiger charge is -2.10. The monoisotopic (exact) mass is 389 g/mol. The maximum atomic E-state index is 12.4. The number of esters is 1. The fourth-order valence-corrected chi connectivity index (χ4v) is 2.22. The van der Waals surface area contributed by atoms with Crippen LogP contribution in [0.4, 0.5) is 8.78 Å². The molecule has 0 aliphatic heterocycles. The van der Waals surface area contributed by atoms with Gasteiger partial charge in [-0.3, -0.25) is 0 Å². The molecule has 0 saturated carbocycles. The Labute approximate surface area is 160 Å². The zero-order valence-corrected chi connectivity index (χ0v) is 15.1. The first-order chi connectivity index (χ1) is 13.5. The van der Waals surface area contributed by atoms with Gasteiger partial charge in [-0.1, -0.05) is 6.07 Å². The lowest BCUT2D eigenvalue weighted by Crippen LogP contribution is -2.06. The van der Waals surface area contributed by atoms with Crippen molar-refractivity contribution < 1.29 is 32.5 Å². The highest BCUT2D eigenvalue weighted by molar-refractivity contribution is 5.89. The van der Waals surface area contributed by atoms with Crippen LogP contribution in [0.2, 0.25) is 0 Å². The number of hydrogen-bond acceptors (Lipinski definition) is 6. The molecule has 2 aromatic rings. The van der Waals surface area contributed by atoms with Gasteiger partial charge in [0.05, 0.1) is 25.3 Å². The third-order valence-corrected chi connectivity index (χ3v) is 3.40. The van der Waals surface area contributed by atoms with Crippen molar-refractivity contribution in [3.8, 4) is 29.1 Å². The molecular formula is C20H17F2NO5. The molecule has 0 aliphatic rings. The quantitative estimate of drug-likeness (QED) is 0.383. The van der Waals surface area contributed by atoms with E-state index in [9.17, 15) is 13.6 Å². The Balaban J connectivity index is 2.13. The van der Waals surface area contributed by atoms with Crippen molar-refractivity contribution in [2.24, 2.45) is 0 Å². The summed E-state index contributed by atoms with van der Waals surface area (Å²) in [6, 6.07) is 10.7. The van der Waals surface area contributed by atoms with E-state index in [2.05, 4.69) is 4.74 Å². The molecule has 0 aliphatic carbocycles. The first-order valence-electron chi connectivity index (χ1n) is 8.16. The third-order valence-electron chi connectivity index (χ3n) is 3.40. The molecule has 2 rings (SSSR count). The molecule has 0 bridgehead atoms. The number of ether oxygens (including phenoxy) is 4. The standard InChI is InChI=1S/C20H17F2NO5/c1-3-26-18-11-14(12-23)5-8-16(18)27-19(24)9-6-13-4-7-15(28-20(21)22)17(10-13)25-2/h4-11,20H,3H2,1-2H3/b9-6+. The third kappa shape index (κ3) is 5.71. The van der Waals surface area contributed by atoms with Crippen molar-refractivity contribution in [1.82, 2.24) is 0 Å². The molecule has 0 N–H and O–H groups in total. The molecule has 0 unspecified atom stereocenters. The number of alkyl halides is 2. The van der Waals surface area contributed by atoms with Crippen molar-refractivity contribution in [2.45, 2.75) is 13.5 Å². The first-order valence-corrected chi connectivity index (χ1v) is 8.16. The predicted molar refractivity (Wildman–Crippen MR) is 96.6 cm³/mol. The van der Waals surface area contributed by atoms with Crippen molar-refractivity contribution in [1.29, 1.82) is 5.26 Å². The first kappa shape index (κ1) is 20.7. The number of carbonyl (C=O) groups excluding carboxylic acids is 1. The number of halogens is 2. The van der Waals surface area contributed by atoms with Gasteiger partial charge in [-0.05, 0) is 42.8 Å². The maximum Gasteiger partial charge on any atom is 0.387 e. The minimum Gasteiger partial charge on any atom is -0.493 e.